The van der Waals surface area contributed by atoms with Gasteiger partial charge in [0.25, 0.3) is 5.91 Å². The number of amides is 1. The molecule has 2 aliphatic rings. The fourth-order valence-electron chi connectivity index (χ4n) is 3.37. The third-order valence-electron chi connectivity index (χ3n) is 4.73. The first-order valence-electron chi connectivity index (χ1n) is 9.47. The Kier molecular flexibility index (Phi) is 5.89. The average Bonchev–Trinajstić information content (AvgIpc) is 3.08. The van der Waals surface area contributed by atoms with E-state index in [9.17, 15) is 9.59 Å². The zero-order valence-corrected chi connectivity index (χ0v) is 18.1. The Morgan fingerprint density at radius 3 is 2.76 bits per heavy atom. The van der Waals surface area contributed by atoms with Crippen molar-refractivity contribution in [3.05, 3.63) is 75.4 Å². The van der Waals surface area contributed by atoms with Crippen molar-refractivity contribution < 1.29 is 14.3 Å². The number of carbonyl (C=O) groups excluding carboxylic acids is 2. The molecule has 0 radical (unpaired) electrons. The predicted molar refractivity (Wildman–Crippen MR) is 125 cm³/mol. The van der Waals surface area contributed by atoms with Crippen molar-refractivity contribution in [1.82, 2.24) is 5.32 Å². The molecule has 0 spiro atoms. The van der Waals surface area contributed by atoms with Crippen LogP contribution in [-0.4, -0.2) is 28.5 Å². The molecule has 0 saturated heterocycles. The van der Waals surface area contributed by atoms with Gasteiger partial charge in [0, 0.05) is 11.6 Å². The Morgan fingerprint density at radius 2 is 2.03 bits per heavy atom. The standard InChI is InChI=1S/C23H21IN2O3/c1-2-29-23(28)16-8-9-18-19(14-16)26-22(27)20(18)21(15-6-4-3-5-7-15)25-17-10-12-24-13-11-17/h3-10,12-14,17,25H,2,11H2,1H3,(H,26,27)/b21-20-. The van der Waals surface area contributed by atoms with Crippen LogP contribution in [0.1, 0.15) is 34.8 Å². The third kappa shape index (κ3) is 4.17. The fourth-order valence-corrected chi connectivity index (χ4v) is 5.24. The van der Waals surface area contributed by atoms with Crippen LogP contribution in [-0.2, 0) is 9.53 Å². The minimum absolute atomic E-state index is 0.0452. The van der Waals surface area contributed by atoms with Gasteiger partial charge < -0.3 is 15.4 Å². The van der Waals surface area contributed by atoms with Gasteiger partial charge in [-0.15, -0.1) is 0 Å². The van der Waals surface area contributed by atoms with Crippen LogP contribution >= 0.6 is 20.7 Å². The number of hydrogen-bond acceptors (Lipinski definition) is 4. The normalized spacial score (nSPS) is 19.1. The molecular formula is C23H21IN2O3. The van der Waals surface area contributed by atoms with Gasteiger partial charge in [0.2, 0.25) is 0 Å². The molecule has 29 heavy (non-hydrogen) atoms. The molecule has 0 bridgehead atoms. The summed E-state index contributed by atoms with van der Waals surface area (Å²) >= 11 is 0.0452. The Hall–Kier alpha value is -2.74. The Labute approximate surface area is 179 Å². The summed E-state index contributed by atoms with van der Waals surface area (Å²) in [5.74, 6) is -0.571. The SMILES string of the molecule is CCOC(=O)c1ccc2c(c1)NC(=O)/C2=C(\NC1C=CI=CC1)c1ccccc1. The fraction of sp³-hybridized carbons (Fsp3) is 0.174. The van der Waals surface area contributed by atoms with Crippen LogP contribution in [0, 0.1) is 0 Å². The van der Waals surface area contributed by atoms with Crippen molar-refractivity contribution in [2.24, 2.45) is 0 Å². The molecule has 148 valence electrons. The Balaban J connectivity index is 1.79. The highest BCUT2D eigenvalue weighted by molar-refractivity contribution is 14.2. The molecule has 0 aromatic heterocycles. The first-order valence-corrected chi connectivity index (χ1v) is 12.0. The summed E-state index contributed by atoms with van der Waals surface area (Å²) in [7, 11) is 0. The lowest BCUT2D eigenvalue weighted by molar-refractivity contribution is -0.110. The van der Waals surface area contributed by atoms with Gasteiger partial charge in [0.15, 0.2) is 0 Å². The quantitative estimate of drug-likeness (QED) is 0.365. The van der Waals surface area contributed by atoms with Crippen molar-refractivity contribution >= 4 is 53.6 Å². The van der Waals surface area contributed by atoms with Gasteiger partial charge >= 0.3 is 5.97 Å². The van der Waals surface area contributed by atoms with E-state index in [4.69, 9.17) is 4.74 Å². The summed E-state index contributed by atoms with van der Waals surface area (Å²) in [5, 5.41) is 6.48. The molecule has 2 aromatic carbocycles. The van der Waals surface area contributed by atoms with Crippen LogP contribution in [0.3, 0.4) is 0 Å². The lowest BCUT2D eigenvalue weighted by atomic mass is 9.98. The minimum Gasteiger partial charge on any atom is -0.462 e. The second-order valence-corrected chi connectivity index (χ2v) is 8.96. The maximum Gasteiger partial charge on any atom is 0.338 e. The number of nitrogens with one attached hydrogen (secondary N) is 2. The molecular weight excluding hydrogens is 479 g/mol. The van der Waals surface area contributed by atoms with Crippen LogP contribution in [0.4, 0.5) is 5.69 Å². The molecule has 0 fully saturated rings. The van der Waals surface area contributed by atoms with E-state index in [1.54, 1.807) is 19.1 Å². The van der Waals surface area contributed by atoms with E-state index in [2.05, 4.69) is 24.8 Å². The highest BCUT2D eigenvalue weighted by Crippen LogP contribution is 2.37. The van der Waals surface area contributed by atoms with Crippen LogP contribution < -0.4 is 10.6 Å². The molecule has 2 heterocycles. The summed E-state index contributed by atoms with van der Waals surface area (Å²) < 4.78 is 9.64. The van der Waals surface area contributed by atoms with E-state index < -0.39 is 5.97 Å². The van der Waals surface area contributed by atoms with Gasteiger partial charge in [-0.3, -0.25) is 4.79 Å². The summed E-state index contributed by atoms with van der Waals surface area (Å²) in [6.45, 7) is 2.08. The number of anilines is 1. The topological polar surface area (TPSA) is 67.4 Å². The molecule has 2 aliphatic heterocycles. The van der Waals surface area contributed by atoms with E-state index in [-0.39, 0.29) is 32.7 Å². The van der Waals surface area contributed by atoms with Gasteiger partial charge in [-0.05, 0) is 39.1 Å². The first kappa shape index (κ1) is 19.6. The molecule has 2 N–H and O–H groups in total. The maximum absolute atomic E-state index is 12.9. The van der Waals surface area contributed by atoms with Crippen molar-refractivity contribution in [3.8, 4) is 0 Å². The van der Waals surface area contributed by atoms with Crippen molar-refractivity contribution in [2.45, 2.75) is 19.4 Å². The largest absolute Gasteiger partial charge is 0.462 e. The minimum atomic E-state index is -0.394. The number of esters is 1. The van der Waals surface area contributed by atoms with Gasteiger partial charge in [-0.1, -0.05) is 63.2 Å². The van der Waals surface area contributed by atoms with Crippen molar-refractivity contribution in [3.63, 3.8) is 0 Å². The number of carbonyl (C=O) groups is 2. The van der Waals surface area contributed by atoms with Crippen LogP contribution in [0.15, 0.2) is 58.7 Å². The third-order valence-corrected chi connectivity index (χ3v) is 6.57. The lowest BCUT2D eigenvalue weighted by Crippen LogP contribution is -2.28. The van der Waals surface area contributed by atoms with Gasteiger partial charge in [0.05, 0.1) is 29.1 Å². The van der Waals surface area contributed by atoms with E-state index in [0.717, 1.165) is 23.2 Å². The zero-order chi connectivity index (χ0) is 20.2. The molecule has 2 aromatic rings. The van der Waals surface area contributed by atoms with Crippen LogP contribution in [0.5, 0.6) is 0 Å². The Bertz CT molecular complexity index is 1040. The number of halogens is 1. The van der Waals surface area contributed by atoms with Crippen molar-refractivity contribution in [1.29, 1.82) is 0 Å². The number of fused-ring (bicyclic) bond motifs is 1. The highest BCUT2D eigenvalue weighted by atomic mass is 127. The molecule has 0 aliphatic carbocycles. The average molecular weight is 500 g/mol. The highest BCUT2D eigenvalue weighted by Gasteiger charge is 2.30. The van der Waals surface area contributed by atoms with E-state index in [1.807, 2.05) is 36.4 Å². The second-order valence-electron chi connectivity index (χ2n) is 6.64. The van der Waals surface area contributed by atoms with Gasteiger partial charge in [-0.2, -0.15) is 0 Å². The molecule has 1 unspecified atom stereocenters. The predicted octanol–water partition coefficient (Wildman–Crippen LogP) is 4.33. The van der Waals surface area contributed by atoms with E-state index in [1.165, 1.54) is 0 Å². The number of hydrogen-bond donors (Lipinski definition) is 2. The molecule has 4 rings (SSSR count). The van der Waals surface area contributed by atoms with Crippen LogP contribution in [0.25, 0.3) is 11.3 Å². The summed E-state index contributed by atoms with van der Waals surface area (Å²) in [5.41, 5.74) is 4.18. The molecule has 0 saturated carbocycles. The number of benzene rings is 2. The second kappa shape index (κ2) is 8.73. The molecule has 1 amide bonds. The van der Waals surface area contributed by atoms with Crippen LogP contribution in [0.2, 0.25) is 0 Å². The lowest BCUT2D eigenvalue weighted by Gasteiger charge is -2.21. The summed E-state index contributed by atoms with van der Waals surface area (Å²) in [6, 6.07) is 15.2. The zero-order valence-electron chi connectivity index (χ0n) is 15.9. The summed E-state index contributed by atoms with van der Waals surface area (Å²) in [6.07, 6.45) is 3.14. The van der Waals surface area contributed by atoms with Gasteiger partial charge in [-0.25, -0.2) is 4.79 Å². The van der Waals surface area contributed by atoms with E-state index in [0.29, 0.717) is 23.4 Å². The monoisotopic (exact) mass is 500 g/mol. The Morgan fingerprint density at radius 1 is 1.21 bits per heavy atom. The maximum atomic E-state index is 12.9. The summed E-state index contributed by atoms with van der Waals surface area (Å²) in [4.78, 5) is 25.0. The molecule has 1 atom stereocenters. The number of rotatable bonds is 5. The number of ether oxygens (including phenoxy) is 1. The van der Waals surface area contributed by atoms with E-state index >= 15 is 0 Å². The molecule has 5 nitrogen and oxygen atoms in total. The molecule has 6 heteroatoms. The van der Waals surface area contributed by atoms with Crippen molar-refractivity contribution in [2.75, 3.05) is 11.9 Å². The smallest absolute Gasteiger partial charge is 0.338 e. The first-order chi connectivity index (χ1) is 14.2. The van der Waals surface area contributed by atoms with Gasteiger partial charge in [0.1, 0.15) is 0 Å².